The summed E-state index contributed by atoms with van der Waals surface area (Å²) in [5, 5.41) is 12.2. The summed E-state index contributed by atoms with van der Waals surface area (Å²) >= 11 is 1.68. The van der Waals surface area contributed by atoms with E-state index in [1.165, 1.54) is 29.9 Å². The van der Waals surface area contributed by atoms with Crippen molar-refractivity contribution in [3.8, 4) is 11.1 Å². The molecule has 0 aliphatic carbocycles. The highest BCUT2D eigenvalue weighted by Crippen LogP contribution is 2.23. The van der Waals surface area contributed by atoms with Gasteiger partial charge in [-0.2, -0.15) is 13.2 Å². The smallest absolute Gasteiger partial charge is 0.475 e. The van der Waals surface area contributed by atoms with Crippen molar-refractivity contribution in [2.45, 2.75) is 38.4 Å². The molecular formula is C36H37F4N3O4S. The average molecular weight is 684 g/mol. The van der Waals surface area contributed by atoms with Crippen LogP contribution in [0.3, 0.4) is 0 Å². The molecule has 0 atom stereocenters. The number of nitrogens with one attached hydrogen (secondary N) is 1. The van der Waals surface area contributed by atoms with Crippen LogP contribution in [0, 0.1) is 5.82 Å². The molecule has 1 saturated heterocycles. The lowest BCUT2D eigenvalue weighted by molar-refractivity contribution is -0.192. The van der Waals surface area contributed by atoms with Crippen LogP contribution in [-0.4, -0.2) is 71.6 Å². The second-order valence-corrected chi connectivity index (χ2v) is 12.4. The molecule has 2 N–H and O–H groups in total. The third-order valence-corrected chi connectivity index (χ3v) is 8.65. The molecule has 48 heavy (non-hydrogen) atoms. The van der Waals surface area contributed by atoms with Gasteiger partial charge in [0.2, 0.25) is 5.91 Å². The van der Waals surface area contributed by atoms with Gasteiger partial charge in [-0.3, -0.25) is 9.59 Å². The second-order valence-electron chi connectivity index (χ2n) is 11.3. The Bertz CT molecular complexity index is 1660. The molecule has 5 rings (SSSR count). The standard InChI is InChI=1S/C34H36FN3O2S.C2HF3O2/c35-31-12-4-7-26(22-31)23-33(39)38(18-14-32-13-6-20-41-32)25-27-8-3-9-28(21-27)29-10-5-11-30(24-29)34(40)36-15-19-37-16-1-2-17-37;3-2(4,5)1(6)7/h3-13,20-22,24H,1-2,14-19,23,25H2,(H,36,40);(H,6,7). The van der Waals surface area contributed by atoms with Gasteiger partial charge in [-0.15, -0.1) is 11.3 Å². The quantitative estimate of drug-likeness (QED) is 0.160. The van der Waals surface area contributed by atoms with E-state index in [0.717, 1.165) is 42.7 Å². The monoisotopic (exact) mass is 683 g/mol. The van der Waals surface area contributed by atoms with Crippen molar-refractivity contribution >= 4 is 29.1 Å². The van der Waals surface area contributed by atoms with Crippen LogP contribution >= 0.6 is 11.3 Å². The van der Waals surface area contributed by atoms with Crippen LogP contribution in [0.25, 0.3) is 11.1 Å². The number of carbonyl (C=O) groups excluding carboxylic acids is 2. The topological polar surface area (TPSA) is 90.0 Å². The fraction of sp³-hybridized carbons (Fsp3) is 0.306. The molecule has 1 aliphatic heterocycles. The first-order valence-electron chi connectivity index (χ1n) is 15.5. The van der Waals surface area contributed by atoms with E-state index in [9.17, 15) is 27.2 Å². The number of carbonyl (C=O) groups is 3. The van der Waals surface area contributed by atoms with Gasteiger partial charge in [-0.25, -0.2) is 9.18 Å². The molecule has 254 valence electrons. The minimum absolute atomic E-state index is 0.0369. The van der Waals surface area contributed by atoms with Gasteiger partial charge in [0.1, 0.15) is 5.82 Å². The number of thiophene rings is 1. The number of carboxylic acid groups (broad SMARTS) is 1. The van der Waals surface area contributed by atoms with Gasteiger partial charge < -0.3 is 20.2 Å². The fourth-order valence-electron chi connectivity index (χ4n) is 5.27. The summed E-state index contributed by atoms with van der Waals surface area (Å²) in [4.78, 5) is 40.6. The molecule has 7 nitrogen and oxygen atoms in total. The molecule has 1 fully saturated rings. The number of carboxylic acids is 1. The largest absolute Gasteiger partial charge is 0.490 e. The van der Waals surface area contributed by atoms with Crippen molar-refractivity contribution in [3.63, 3.8) is 0 Å². The number of aliphatic carboxylic acids is 1. The number of hydrogen-bond acceptors (Lipinski definition) is 5. The Morgan fingerprint density at radius 2 is 1.54 bits per heavy atom. The van der Waals surface area contributed by atoms with E-state index in [4.69, 9.17) is 9.90 Å². The minimum atomic E-state index is -5.08. The summed E-state index contributed by atoms with van der Waals surface area (Å²) in [6.07, 6.45) is -1.69. The van der Waals surface area contributed by atoms with Crippen LogP contribution in [0.4, 0.5) is 17.6 Å². The Kier molecular flexibility index (Phi) is 13.3. The van der Waals surface area contributed by atoms with Crippen molar-refractivity contribution in [1.29, 1.82) is 0 Å². The van der Waals surface area contributed by atoms with Crippen LogP contribution in [0.2, 0.25) is 0 Å². The Morgan fingerprint density at radius 1 is 0.875 bits per heavy atom. The highest BCUT2D eigenvalue weighted by Gasteiger charge is 2.38. The first-order chi connectivity index (χ1) is 23.0. The first-order valence-corrected chi connectivity index (χ1v) is 16.4. The normalized spacial score (nSPS) is 13.0. The van der Waals surface area contributed by atoms with E-state index in [2.05, 4.69) is 22.3 Å². The molecule has 0 unspecified atom stereocenters. The molecule has 2 heterocycles. The van der Waals surface area contributed by atoms with Crippen molar-refractivity contribution in [1.82, 2.24) is 15.1 Å². The van der Waals surface area contributed by atoms with Crippen LogP contribution < -0.4 is 5.32 Å². The van der Waals surface area contributed by atoms with Gasteiger partial charge in [0.15, 0.2) is 0 Å². The number of halogens is 4. The van der Waals surface area contributed by atoms with Crippen LogP contribution in [0.1, 0.15) is 39.2 Å². The molecule has 0 bridgehead atoms. The van der Waals surface area contributed by atoms with Crippen molar-refractivity contribution in [2.75, 3.05) is 32.7 Å². The first kappa shape index (κ1) is 36.3. The molecule has 2 amide bonds. The van der Waals surface area contributed by atoms with E-state index in [-0.39, 0.29) is 24.1 Å². The number of hydrogen-bond donors (Lipinski definition) is 2. The molecule has 0 saturated carbocycles. The summed E-state index contributed by atoms with van der Waals surface area (Å²) in [7, 11) is 0. The fourth-order valence-corrected chi connectivity index (χ4v) is 5.97. The van der Waals surface area contributed by atoms with Crippen LogP contribution in [0.15, 0.2) is 90.3 Å². The number of alkyl halides is 3. The van der Waals surface area contributed by atoms with Gasteiger partial charge in [-0.05, 0) is 96.4 Å². The molecule has 0 radical (unpaired) electrons. The number of benzene rings is 3. The average Bonchev–Trinajstić information content (AvgIpc) is 3.78. The zero-order valence-corrected chi connectivity index (χ0v) is 27.0. The van der Waals surface area contributed by atoms with E-state index < -0.39 is 12.1 Å². The highest BCUT2D eigenvalue weighted by atomic mass is 32.1. The van der Waals surface area contributed by atoms with Gasteiger partial charge in [0, 0.05) is 36.6 Å². The molecule has 12 heteroatoms. The van der Waals surface area contributed by atoms with Crippen molar-refractivity contribution in [2.24, 2.45) is 0 Å². The Labute approximate surface area is 280 Å². The zero-order chi connectivity index (χ0) is 34.5. The van der Waals surface area contributed by atoms with Crippen molar-refractivity contribution < 1.29 is 37.1 Å². The maximum Gasteiger partial charge on any atom is 0.490 e. The second kappa shape index (κ2) is 17.6. The maximum absolute atomic E-state index is 13.8. The molecule has 1 aliphatic rings. The van der Waals surface area contributed by atoms with E-state index in [1.54, 1.807) is 23.5 Å². The van der Waals surface area contributed by atoms with Gasteiger partial charge in [-0.1, -0.05) is 48.5 Å². The highest BCUT2D eigenvalue weighted by molar-refractivity contribution is 7.09. The summed E-state index contributed by atoms with van der Waals surface area (Å²) < 4.78 is 45.5. The van der Waals surface area contributed by atoms with Crippen LogP contribution in [-0.2, 0) is 29.0 Å². The van der Waals surface area contributed by atoms with Gasteiger partial charge >= 0.3 is 12.1 Å². The summed E-state index contributed by atoms with van der Waals surface area (Å²) in [5.41, 5.74) is 4.25. The predicted molar refractivity (Wildman–Crippen MR) is 177 cm³/mol. The molecule has 4 aromatic rings. The lowest BCUT2D eigenvalue weighted by atomic mass is 10.0. The zero-order valence-electron chi connectivity index (χ0n) is 26.2. The van der Waals surface area contributed by atoms with Crippen LogP contribution in [0.5, 0.6) is 0 Å². The summed E-state index contributed by atoms with van der Waals surface area (Å²) in [5.74, 6) is -3.20. The number of rotatable bonds is 12. The Hall–Kier alpha value is -4.55. The lowest BCUT2D eigenvalue weighted by Gasteiger charge is -2.23. The molecule has 0 spiro atoms. The predicted octanol–water partition coefficient (Wildman–Crippen LogP) is 6.83. The van der Waals surface area contributed by atoms with E-state index in [1.807, 2.05) is 58.8 Å². The third-order valence-electron chi connectivity index (χ3n) is 7.72. The SMILES string of the molecule is O=C(NCCN1CCCC1)c1cccc(-c2cccc(CN(CCc3cccs3)C(=O)Cc3cccc(F)c3)c2)c1.O=C(O)C(F)(F)F. The summed E-state index contributed by atoms with van der Waals surface area (Å²) in [6.45, 7) is 4.78. The van der Waals surface area contributed by atoms with E-state index >= 15 is 0 Å². The summed E-state index contributed by atoms with van der Waals surface area (Å²) in [6, 6.07) is 26.1. The number of amides is 2. The Balaban J connectivity index is 0.000000671. The lowest BCUT2D eigenvalue weighted by Crippen LogP contribution is -2.33. The molecular weight excluding hydrogens is 646 g/mol. The number of nitrogens with zero attached hydrogens (tertiary/aromatic N) is 2. The molecule has 3 aromatic carbocycles. The van der Waals surface area contributed by atoms with E-state index in [0.29, 0.717) is 30.8 Å². The Morgan fingerprint density at radius 3 is 2.21 bits per heavy atom. The van der Waals surface area contributed by atoms with Gasteiger partial charge in [0.05, 0.1) is 6.42 Å². The number of likely N-dealkylation sites (tertiary alicyclic amines) is 1. The van der Waals surface area contributed by atoms with Crippen molar-refractivity contribution in [3.05, 3.63) is 118 Å². The molecule has 1 aromatic heterocycles. The van der Waals surface area contributed by atoms with Gasteiger partial charge in [0.25, 0.3) is 5.91 Å². The third kappa shape index (κ3) is 11.6. The minimum Gasteiger partial charge on any atom is -0.475 e. The maximum atomic E-state index is 13.8.